The summed E-state index contributed by atoms with van der Waals surface area (Å²) in [6.07, 6.45) is 5.10. The number of rotatable bonds is 9. The Morgan fingerprint density at radius 3 is 2.49 bits per heavy atom. The van der Waals surface area contributed by atoms with Gasteiger partial charge in [-0.3, -0.25) is 5.41 Å². The Balaban J connectivity index is 1.93. The maximum Gasteiger partial charge on any atom is 0.229 e. The molecule has 0 spiro atoms. The molecule has 5 N–H and O–H groups in total. The summed E-state index contributed by atoms with van der Waals surface area (Å²) in [5.41, 5.74) is 4.74. The Morgan fingerprint density at radius 1 is 1.22 bits per heavy atom. The second-order valence-electron chi connectivity index (χ2n) is 9.88. The van der Waals surface area contributed by atoms with Crippen molar-refractivity contribution in [2.24, 2.45) is 0 Å². The molecule has 1 aliphatic rings. The van der Waals surface area contributed by atoms with Gasteiger partial charge < -0.3 is 21.3 Å². The fourth-order valence-electron chi connectivity index (χ4n) is 4.36. The maximum absolute atomic E-state index is 12.6. The van der Waals surface area contributed by atoms with E-state index in [0.29, 0.717) is 11.9 Å². The van der Waals surface area contributed by atoms with E-state index < -0.39 is 20.1 Å². The highest BCUT2D eigenvalue weighted by molar-refractivity contribution is 8.07. The van der Waals surface area contributed by atoms with Crippen LogP contribution in [0.4, 0.5) is 17.5 Å². The van der Waals surface area contributed by atoms with Gasteiger partial charge in [0.15, 0.2) is 20.7 Å². The molecular weight excluding hydrogens is 510 g/mol. The van der Waals surface area contributed by atoms with Crippen molar-refractivity contribution in [3.05, 3.63) is 51.9 Å². The van der Waals surface area contributed by atoms with Gasteiger partial charge in [-0.1, -0.05) is 31.5 Å². The van der Waals surface area contributed by atoms with Crippen molar-refractivity contribution in [1.82, 2.24) is 20.6 Å². The minimum atomic E-state index is -3.82. The van der Waals surface area contributed by atoms with E-state index in [1.807, 2.05) is 0 Å². The molecule has 11 heteroatoms. The number of nitrogens with zero attached hydrogens (tertiary/aromatic N) is 2. The molecule has 1 aliphatic heterocycles. The van der Waals surface area contributed by atoms with Crippen LogP contribution in [0.15, 0.2) is 30.2 Å². The summed E-state index contributed by atoms with van der Waals surface area (Å²) in [5, 5.41) is 19.6. The Hall–Kier alpha value is -2.69. The molecule has 3 rings (SSSR count). The molecule has 0 bridgehead atoms. The molecule has 1 aromatic carbocycles. The molecule has 9 nitrogen and oxygen atoms in total. The molecule has 0 radical (unpaired) electrons. The topological polar surface area (TPSA) is 132 Å². The fraction of sp³-hybridized carbons (Fsp3) is 0.500. The Morgan fingerprint density at radius 2 is 1.89 bits per heavy atom. The first kappa shape index (κ1) is 28.9. The first-order valence-electron chi connectivity index (χ1n) is 12.6. The third-order valence-electron chi connectivity index (χ3n) is 6.52. The van der Waals surface area contributed by atoms with Crippen LogP contribution in [-0.2, 0) is 9.84 Å². The Bertz CT molecular complexity index is 1270. The standard InChI is InChI=1S/C26H38ClN7O2S/c1-15(2)19-12-20(18-7-9-30-10-8-18)17(5)11-22(19)33-26-31-13-21(27)25(34-26)32-23(14-29-6)24(28)37(35,36)16(3)4/h11-16,18,28-30H,7-10H2,1-6H3,(H2,31,32,33,34)/b23-14+,28-24?. The minimum absolute atomic E-state index is 0.0350. The maximum atomic E-state index is 12.6. The number of benzene rings is 1. The van der Waals surface area contributed by atoms with Gasteiger partial charge in [0.05, 0.1) is 17.1 Å². The van der Waals surface area contributed by atoms with Crippen molar-refractivity contribution in [3.8, 4) is 0 Å². The van der Waals surface area contributed by atoms with Crippen molar-refractivity contribution in [3.63, 3.8) is 0 Å². The first-order valence-corrected chi connectivity index (χ1v) is 14.5. The van der Waals surface area contributed by atoms with Crippen molar-refractivity contribution in [1.29, 1.82) is 5.41 Å². The van der Waals surface area contributed by atoms with Crippen LogP contribution in [0.5, 0.6) is 0 Å². The second-order valence-corrected chi connectivity index (χ2v) is 12.7. The Labute approximate surface area is 225 Å². The summed E-state index contributed by atoms with van der Waals surface area (Å²) in [7, 11) is -2.20. The van der Waals surface area contributed by atoms with Gasteiger partial charge in [-0.05, 0) is 81.3 Å². The molecule has 0 unspecified atom stereocenters. The molecule has 0 amide bonds. The minimum Gasteiger partial charge on any atom is -0.392 e. The third kappa shape index (κ3) is 6.80. The average Bonchev–Trinajstić information content (AvgIpc) is 2.85. The van der Waals surface area contributed by atoms with Gasteiger partial charge in [0.1, 0.15) is 5.02 Å². The predicted molar refractivity (Wildman–Crippen MR) is 153 cm³/mol. The molecule has 0 saturated carbocycles. The molecule has 37 heavy (non-hydrogen) atoms. The number of sulfone groups is 1. The van der Waals surface area contributed by atoms with E-state index in [1.165, 1.54) is 42.9 Å². The van der Waals surface area contributed by atoms with Crippen molar-refractivity contribution in [2.75, 3.05) is 30.8 Å². The van der Waals surface area contributed by atoms with Crippen molar-refractivity contribution < 1.29 is 8.42 Å². The lowest BCUT2D eigenvalue weighted by Crippen LogP contribution is -2.28. The second kappa shape index (κ2) is 12.2. The van der Waals surface area contributed by atoms with Crippen LogP contribution in [0.3, 0.4) is 0 Å². The molecule has 2 heterocycles. The van der Waals surface area contributed by atoms with Gasteiger partial charge in [-0.25, -0.2) is 13.4 Å². The van der Waals surface area contributed by atoms with Crippen molar-refractivity contribution in [2.45, 2.75) is 64.5 Å². The van der Waals surface area contributed by atoms with Crippen LogP contribution < -0.4 is 21.3 Å². The van der Waals surface area contributed by atoms with Crippen molar-refractivity contribution >= 4 is 43.9 Å². The number of hydrogen-bond donors (Lipinski definition) is 5. The van der Waals surface area contributed by atoms with Gasteiger partial charge in [-0.2, -0.15) is 4.98 Å². The molecule has 2 aromatic rings. The number of aromatic nitrogens is 2. The average molecular weight is 548 g/mol. The predicted octanol–water partition coefficient (Wildman–Crippen LogP) is 5.05. The van der Waals surface area contributed by atoms with E-state index >= 15 is 0 Å². The summed E-state index contributed by atoms with van der Waals surface area (Å²) >= 11 is 6.35. The number of aryl methyl sites for hydroxylation is 1. The molecule has 1 fully saturated rings. The van der Waals surface area contributed by atoms with E-state index in [4.69, 9.17) is 17.0 Å². The normalized spacial score (nSPS) is 15.2. The molecule has 0 atom stereocenters. The first-order chi connectivity index (χ1) is 17.4. The highest BCUT2D eigenvalue weighted by Crippen LogP contribution is 2.36. The van der Waals surface area contributed by atoms with E-state index in [2.05, 4.69) is 64.1 Å². The molecule has 1 saturated heterocycles. The molecule has 202 valence electrons. The lowest BCUT2D eigenvalue weighted by molar-refractivity contribution is 0.459. The quantitative estimate of drug-likeness (QED) is 0.218. The van der Waals surface area contributed by atoms with Crippen LogP contribution in [0.2, 0.25) is 5.02 Å². The zero-order valence-corrected chi connectivity index (χ0v) is 23.9. The van der Waals surface area contributed by atoms with Gasteiger partial charge >= 0.3 is 0 Å². The fourth-order valence-corrected chi connectivity index (χ4v) is 5.38. The smallest absolute Gasteiger partial charge is 0.229 e. The zero-order valence-electron chi connectivity index (χ0n) is 22.4. The summed E-state index contributed by atoms with van der Waals surface area (Å²) in [6.45, 7) is 11.6. The van der Waals surface area contributed by atoms with Gasteiger partial charge in [0.25, 0.3) is 0 Å². The number of piperidine rings is 1. The summed E-state index contributed by atoms with van der Waals surface area (Å²) in [6, 6.07) is 4.45. The van der Waals surface area contributed by atoms with E-state index in [-0.39, 0.29) is 22.5 Å². The number of hydrogen-bond acceptors (Lipinski definition) is 9. The number of anilines is 3. The largest absolute Gasteiger partial charge is 0.392 e. The SMILES string of the molecule is CN/C=C(/Nc1nc(Nc2cc(C)c(C3CCNCC3)cc2C(C)C)ncc1Cl)C(=N)S(=O)(=O)C(C)C. The monoisotopic (exact) mass is 547 g/mol. The van der Waals surface area contributed by atoms with E-state index in [1.54, 1.807) is 7.05 Å². The van der Waals surface area contributed by atoms with E-state index in [9.17, 15) is 8.42 Å². The number of halogens is 1. The third-order valence-corrected chi connectivity index (χ3v) is 8.83. The lowest BCUT2D eigenvalue weighted by atomic mass is 9.84. The molecule has 1 aromatic heterocycles. The van der Waals surface area contributed by atoms with Crippen LogP contribution in [0, 0.1) is 12.3 Å². The van der Waals surface area contributed by atoms with Crippen LogP contribution in [0.25, 0.3) is 0 Å². The highest BCUT2D eigenvalue weighted by atomic mass is 35.5. The van der Waals surface area contributed by atoms with Crippen LogP contribution in [-0.4, -0.2) is 48.8 Å². The summed E-state index contributed by atoms with van der Waals surface area (Å²) in [4.78, 5) is 8.85. The number of nitrogens with one attached hydrogen (secondary N) is 5. The van der Waals surface area contributed by atoms with Gasteiger partial charge in [0.2, 0.25) is 5.95 Å². The van der Waals surface area contributed by atoms with Crippen LogP contribution >= 0.6 is 11.6 Å². The van der Waals surface area contributed by atoms with Gasteiger partial charge in [0, 0.05) is 18.9 Å². The lowest BCUT2D eigenvalue weighted by Gasteiger charge is -2.26. The van der Waals surface area contributed by atoms with Gasteiger partial charge in [-0.15, -0.1) is 0 Å². The zero-order chi connectivity index (χ0) is 27.3. The highest BCUT2D eigenvalue weighted by Gasteiger charge is 2.27. The van der Waals surface area contributed by atoms with Crippen LogP contribution in [0.1, 0.15) is 69.1 Å². The van der Waals surface area contributed by atoms with E-state index in [0.717, 1.165) is 31.6 Å². The molecular formula is C26H38ClN7O2S. The molecule has 0 aliphatic carbocycles. The summed E-state index contributed by atoms with van der Waals surface area (Å²) in [5.74, 6) is 1.33. The summed E-state index contributed by atoms with van der Waals surface area (Å²) < 4.78 is 25.2. The Kier molecular flexibility index (Phi) is 9.55.